The van der Waals surface area contributed by atoms with Gasteiger partial charge in [0.1, 0.15) is 6.10 Å². The zero-order valence-electron chi connectivity index (χ0n) is 15.3. The van der Waals surface area contributed by atoms with E-state index in [0.717, 1.165) is 0 Å². The Morgan fingerprint density at radius 1 is 1.21 bits per heavy atom. The number of carbonyl (C=O) groups excluding carboxylic acids is 2. The highest BCUT2D eigenvalue weighted by Gasteiger charge is 2.65. The standard InChI is InChI=1S/C18H28O6/c1-16(2,3)18(6,8-17(4,5)21)15(20)24-12-10-7-9-11(22-10)13(12)23-14(9)19/h9-13,21H,7-8H2,1-6H3. The molecule has 3 saturated heterocycles. The molecule has 6 heteroatoms. The smallest absolute Gasteiger partial charge is 0.312 e. The minimum Gasteiger partial charge on any atom is -0.455 e. The molecule has 0 spiro atoms. The minimum atomic E-state index is -1.00. The summed E-state index contributed by atoms with van der Waals surface area (Å²) in [5, 5.41) is 10.3. The molecule has 0 aromatic rings. The van der Waals surface area contributed by atoms with E-state index >= 15 is 0 Å². The molecule has 3 aliphatic rings. The molecule has 0 amide bonds. The molecule has 1 N–H and O–H groups in total. The van der Waals surface area contributed by atoms with Gasteiger partial charge in [-0.1, -0.05) is 20.8 Å². The van der Waals surface area contributed by atoms with Crippen molar-refractivity contribution in [2.45, 2.75) is 84.4 Å². The molecular formula is C18H28O6. The van der Waals surface area contributed by atoms with Crippen LogP contribution in [0.25, 0.3) is 0 Å². The molecule has 2 bridgehead atoms. The molecule has 3 aliphatic heterocycles. The third-order valence-corrected chi connectivity index (χ3v) is 5.92. The summed E-state index contributed by atoms with van der Waals surface area (Å²) < 4.78 is 16.9. The van der Waals surface area contributed by atoms with E-state index in [0.29, 0.717) is 6.42 Å². The number of fused-ring (bicyclic) bond motifs is 1. The van der Waals surface area contributed by atoms with Crippen LogP contribution in [0, 0.1) is 16.7 Å². The molecule has 3 heterocycles. The Hall–Kier alpha value is -1.14. The van der Waals surface area contributed by atoms with Crippen LogP contribution in [0.4, 0.5) is 0 Å². The molecule has 6 atom stereocenters. The molecule has 0 aromatic carbocycles. The molecule has 0 aliphatic carbocycles. The molecule has 136 valence electrons. The molecule has 0 aromatic heterocycles. The topological polar surface area (TPSA) is 82.1 Å². The summed E-state index contributed by atoms with van der Waals surface area (Å²) in [5.41, 5.74) is -2.29. The second kappa shape index (κ2) is 5.18. The first-order valence-corrected chi connectivity index (χ1v) is 8.63. The van der Waals surface area contributed by atoms with Gasteiger partial charge in [-0.05, 0) is 39.0 Å². The highest BCUT2D eigenvalue weighted by atomic mass is 16.7. The first kappa shape index (κ1) is 17.7. The Bertz CT molecular complexity index is 557. The third-order valence-electron chi connectivity index (χ3n) is 5.92. The summed E-state index contributed by atoms with van der Waals surface area (Å²) in [4.78, 5) is 24.8. The van der Waals surface area contributed by atoms with Crippen LogP contribution in [-0.2, 0) is 23.8 Å². The Kier molecular flexibility index (Phi) is 3.81. The van der Waals surface area contributed by atoms with Crippen LogP contribution >= 0.6 is 0 Å². The van der Waals surface area contributed by atoms with Crippen LogP contribution in [0.3, 0.4) is 0 Å². The summed E-state index contributed by atoms with van der Waals surface area (Å²) in [7, 11) is 0. The van der Waals surface area contributed by atoms with Crippen molar-refractivity contribution >= 4 is 11.9 Å². The van der Waals surface area contributed by atoms with Gasteiger partial charge in [-0.2, -0.15) is 0 Å². The fourth-order valence-electron chi connectivity index (χ4n) is 4.14. The zero-order chi connectivity index (χ0) is 18.1. The Morgan fingerprint density at radius 2 is 1.83 bits per heavy atom. The number of rotatable bonds is 4. The maximum absolute atomic E-state index is 13.0. The van der Waals surface area contributed by atoms with Crippen LogP contribution in [-0.4, -0.2) is 47.1 Å². The lowest BCUT2D eigenvalue weighted by atomic mass is 9.63. The van der Waals surface area contributed by atoms with Gasteiger partial charge in [-0.3, -0.25) is 9.59 Å². The number of hydrogen-bond acceptors (Lipinski definition) is 6. The quantitative estimate of drug-likeness (QED) is 0.786. The van der Waals surface area contributed by atoms with E-state index in [4.69, 9.17) is 14.2 Å². The number of ether oxygens (including phenoxy) is 3. The van der Waals surface area contributed by atoms with Crippen LogP contribution in [0.15, 0.2) is 0 Å². The van der Waals surface area contributed by atoms with Crippen molar-refractivity contribution in [3.05, 3.63) is 0 Å². The van der Waals surface area contributed by atoms with Crippen molar-refractivity contribution in [1.82, 2.24) is 0 Å². The van der Waals surface area contributed by atoms with E-state index in [1.165, 1.54) is 0 Å². The summed E-state index contributed by atoms with van der Waals surface area (Å²) >= 11 is 0. The van der Waals surface area contributed by atoms with Crippen LogP contribution in [0.1, 0.15) is 54.4 Å². The van der Waals surface area contributed by atoms with E-state index in [1.54, 1.807) is 13.8 Å². The van der Waals surface area contributed by atoms with E-state index in [2.05, 4.69) is 0 Å². The lowest BCUT2D eigenvalue weighted by Crippen LogP contribution is -2.50. The zero-order valence-corrected chi connectivity index (χ0v) is 15.3. The van der Waals surface area contributed by atoms with Gasteiger partial charge in [0, 0.05) is 0 Å². The number of aliphatic hydroxyl groups is 1. The summed E-state index contributed by atoms with van der Waals surface area (Å²) in [6, 6.07) is 0. The highest BCUT2D eigenvalue weighted by Crippen LogP contribution is 2.50. The van der Waals surface area contributed by atoms with Gasteiger partial charge >= 0.3 is 11.9 Å². The summed E-state index contributed by atoms with van der Waals surface area (Å²) in [6.07, 6.45) is -0.764. The monoisotopic (exact) mass is 340 g/mol. The lowest BCUT2D eigenvalue weighted by molar-refractivity contribution is -0.180. The van der Waals surface area contributed by atoms with E-state index < -0.39 is 28.6 Å². The highest BCUT2D eigenvalue weighted by molar-refractivity contribution is 5.79. The van der Waals surface area contributed by atoms with Gasteiger partial charge in [0.25, 0.3) is 0 Å². The predicted octanol–water partition coefficient (Wildman–Crippen LogP) is 1.82. The molecule has 0 saturated carbocycles. The molecule has 24 heavy (non-hydrogen) atoms. The number of carbonyl (C=O) groups is 2. The Morgan fingerprint density at radius 3 is 2.38 bits per heavy atom. The molecule has 3 fully saturated rings. The van der Waals surface area contributed by atoms with Crippen LogP contribution < -0.4 is 0 Å². The maximum Gasteiger partial charge on any atom is 0.312 e. The number of esters is 2. The van der Waals surface area contributed by atoms with Gasteiger partial charge in [0.05, 0.1) is 23.0 Å². The van der Waals surface area contributed by atoms with Crippen molar-refractivity contribution in [3.63, 3.8) is 0 Å². The van der Waals surface area contributed by atoms with Gasteiger partial charge in [0.2, 0.25) is 0 Å². The Balaban J connectivity index is 1.79. The minimum absolute atomic E-state index is 0.208. The third kappa shape index (κ3) is 2.64. The van der Waals surface area contributed by atoms with Gasteiger partial charge in [-0.25, -0.2) is 0 Å². The van der Waals surface area contributed by atoms with Gasteiger partial charge < -0.3 is 19.3 Å². The molecule has 6 nitrogen and oxygen atoms in total. The van der Waals surface area contributed by atoms with E-state index in [-0.39, 0.29) is 36.5 Å². The molecule has 0 radical (unpaired) electrons. The van der Waals surface area contributed by atoms with Crippen molar-refractivity contribution in [2.24, 2.45) is 16.7 Å². The fraction of sp³-hybridized carbons (Fsp3) is 0.889. The first-order valence-electron chi connectivity index (χ1n) is 8.63. The fourth-order valence-corrected chi connectivity index (χ4v) is 4.14. The van der Waals surface area contributed by atoms with Crippen molar-refractivity contribution < 1.29 is 28.9 Å². The Labute approximate surface area is 142 Å². The van der Waals surface area contributed by atoms with Crippen LogP contribution in [0.5, 0.6) is 0 Å². The van der Waals surface area contributed by atoms with Crippen molar-refractivity contribution in [3.8, 4) is 0 Å². The SMILES string of the molecule is CC(C)(O)CC(C)(C(=O)OC1C2CC3C(=O)OC1C3O2)C(C)(C)C. The van der Waals surface area contributed by atoms with Gasteiger partial charge in [0.15, 0.2) is 12.2 Å². The normalized spacial score (nSPS) is 37.3. The molecular weight excluding hydrogens is 312 g/mol. The lowest BCUT2D eigenvalue weighted by Gasteiger charge is -2.43. The first-order chi connectivity index (χ1) is 10.8. The largest absolute Gasteiger partial charge is 0.455 e. The van der Waals surface area contributed by atoms with Crippen molar-refractivity contribution in [2.75, 3.05) is 0 Å². The predicted molar refractivity (Wildman–Crippen MR) is 85.0 cm³/mol. The van der Waals surface area contributed by atoms with Crippen LogP contribution in [0.2, 0.25) is 0 Å². The summed E-state index contributed by atoms with van der Waals surface area (Å²) in [5.74, 6) is -0.834. The molecule has 3 rings (SSSR count). The van der Waals surface area contributed by atoms with E-state index in [9.17, 15) is 14.7 Å². The number of hydrogen-bond donors (Lipinski definition) is 1. The maximum atomic E-state index is 13.0. The average molecular weight is 340 g/mol. The summed E-state index contributed by atoms with van der Waals surface area (Å²) in [6.45, 7) is 11.1. The second-order valence-corrected chi connectivity index (χ2v) is 9.32. The van der Waals surface area contributed by atoms with E-state index in [1.807, 2.05) is 27.7 Å². The molecule has 6 unspecified atom stereocenters. The van der Waals surface area contributed by atoms with Crippen molar-refractivity contribution in [1.29, 1.82) is 0 Å². The second-order valence-electron chi connectivity index (χ2n) is 9.32. The average Bonchev–Trinajstić information content (AvgIpc) is 2.99. The van der Waals surface area contributed by atoms with Gasteiger partial charge in [-0.15, -0.1) is 0 Å².